The Morgan fingerprint density at radius 3 is 2.88 bits per heavy atom. The van der Waals surface area contributed by atoms with E-state index < -0.39 is 10.0 Å². The first-order valence-electron chi connectivity index (χ1n) is 5.80. The van der Waals surface area contributed by atoms with Crippen molar-refractivity contribution < 1.29 is 8.42 Å². The molecule has 0 aromatic carbocycles. The van der Waals surface area contributed by atoms with Gasteiger partial charge in [0.25, 0.3) is 10.0 Å². The molecule has 1 aromatic heterocycles. The molecule has 96 valence electrons. The summed E-state index contributed by atoms with van der Waals surface area (Å²) in [5, 5.41) is 0.136. The number of aryl methyl sites for hydroxylation is 1. The normalized spacial score (nSPS) is 22.1. The first-order valence-corrected chi connectivity index (χ1v) is 7.24. The molecule has 1 saturated heterocycles. The zero-order valence-electron chi connectivity index (χ0n) is 9.91. The quantitative estimate of drug-likeness (QED) is 0.816. The largest absolute Gasteiger partial charge is 0.336 e. The summed E-state index contributed by atoms with van der Waals surface area (Å²) in [7, 11) is -3.43. The molecule has 6 nitrogen and oxygen atoms in total. The van der Waals surface area contributed by atoms with Gasteiger partial charge >= 0.3 is 0 Å². The fourth-order valence-electron chi connectivity index (χ4n) is 1.99. The van der Waals surface area contributed by atoms with Crippen molar-refractivity contribution in [2.45, 2.75) is 24.9 Å². The second-order valence-corrected chi connectivity index (χ2v) is 6.18. The molecule has 1 unspecified atom stereocenters. The van der Waals surface area contributed by atoms with E-state index in [-0.39, 0.29) is 10.9 Å². The molecule has 2 rings (SSSR count). The number of imidazole rings is 1. The van der Waals surface area contributed by atoms with Gasteiger partial charge in [0, 0.05) is 25.8 Å². The molecule has 2 N–H and O–H groups in total. The highest BCUT2D eigenvalue weighted by atomic mass is 32.2. The maximum atomic E-state index is 12.2. The Morgan fingerprint density at radius 2 is 2.35 bits per heavy atom. The Bertz CT molecular complexity index is 482. The van der Waals surface area contributed by atoms with Gasteiger partial charge in [-0.2, -0.15) is 4.31 Å². The van der Waals surface area contributed by atoms with Gasteiger partial charge in [-0.05, 0) is 25.8 Å². The van der Waals surface area contributed by atoms with Crippen LogP contribution in [-0.4, -0.2) is 41.9 Å². The topological polar surface area (TPSA) is 81.2 Å². The van der Waals surface area contributed by atoms with Crippen molar-refractivity contribution in [1.29, 1.82) is 0 Å². The molecule has 17 heavy (non-hydrogen) atoms. The molecule has 0 saturated carbocycles. The highest BCUT2D eigenvalue weighted by molar-refractivity contribution is 7.89. The Balaban J connectivity index is 2.19. The van der Waals surface area contributed by atoms with Crippen molar-refractivity contribution in [3.8, 4) is 0 Å². The summed E-state index contributed by atoms with van der Waals surface area (Å²) < 4.78 is 27.7. The van der Waals surface area contributed by atoms with E-state index in [1.165, 1.54) is 4.31 Å². The van der Waals surface area contributed by atoms with E-state index in [0.29, 0.717) is 26.2 Å². The van der Waals surface area contributed by atoms with Gasteiger partial charge in [0.2, 0.25) is 0 Å². The number of nitrogens with two attached hydrogens (primary N) is 1. The van der Waals surface area contributed by atoms with Crippen LogP contribution in [0, 0.1) is 5.92 Å². The molecule has 0 radical (unpaired) electrons. The van der Waals surface area contributed by atoms with E-state index >= 15 is 0 Å². The van der Waals surface area contributed by atoms with E-state index in [9.17, 15) is 8.42 Å². The maximum absolute atomic E-state index is 12.2. The molecule has 1 fully saturated rings. The monoisotopic (exact) mass is 258 g/mol. The number of aromatic nitrogens is 2. The first kappa shape index (κ1) is 12.5. The fourth-order valence-corrected chi connectivity index (χ4v) is 3.45. The summed E-state index contributed by atoms with van der Waals surface area (Å²) in [6.45, 7) is 4.25. The SMILES string of the molecule is CCn1cnc(S(=O)(=O)N2CCC(CN)C2)c1. The van der Waals surface area contributed by atoms with Crippen LogP contribution in [0.15, 0.2) is 17.6 Å². The van der Waals surface area contributed by atoms with Gasteiger partial charge in [-0.15, -0.1) is 0 Å². The second-order valence-electron chi connectivity index (χ2n) is 4.30. The molecule has 2 heterocycles. The van der Waals surface area contributed by atoms with Crippen molar-refractivity contribution in [3.63, 3.8) is 0 Å². The minimum Gasteiger partial charge on any atom is -0.336 e. The van der Waals surface area contributed by atoms with Crippen molar-refractivity contribution in [1.82, 2.24) is 13.9 Å². The third-order valence-corrected chi connectivity index (χ3v) is 4.91. The molecule has 1 aromatic rings. The molecule has 1 aliphatic heterocycles. The number of sulfonamides is 1. The third kappa shape index (κ3) is 2.36. The highest BCUT2D eigenvalue weighted by Gasteiger charge is 2.33. The zero-order chi connectivity index (χ0) is 12.5. The lowest BCUT2D eigenvalue weighted by molar-refractivity contribution is 0.457. The Morgan fingerprint density at radius 1 is 1.59 bits per heavy atom. The Hall–Kier alpha value is -0.920. The number of rotatable bonds is 4. The van der Waals surface area contributed by atoms with Crippen molar-refractivity contribution in [2.75, 3.05) is 19.6 Å². The van der Waals surface area contributed by atoms with Gasteiger partial charge in [-0.3, -0.25) is 0 Å². The zero-order valence-corrected chi connectivity index (χ0v) is 10.7. The van der Waals surface area contributed by atoms with Crippen LogP contribution in [0.25, 0.3) is 0 Å². The van der Waals surface area contributed by atoms with Gasteiger partial charge in [0.1, 0.15) is 0 Å². The first-order chi connectivity index (χ1) is 8.07. The van der Waals surface area contributed by atoms with Crippen LogP contribution in [0.5, 0.6) is 0 Å². The predicted octanol–water partition coefficient (Wildman–Crippen LogP) is -0.128. The third-order valence-electron chi connectivity index (χ3n) is 3.16. The molecular formula is C10H18N4O2S. The molecule has 1 atom stereocenters. The van der Waals surface area contributed by atoms with E-state index in [1.807, 2.05) is 6.92 Å². The average molecular weight is 258 g/mol. The summed E-state index contributed by atoms with van der Waals surface area (Å²) in [6.07, 6.45) is 3.96. The molecule has 0 amide bonds. The van der Waals surface area contributed by atoms with Crippen LogP contribution in [0.1, 0.15) is 13.3 Å². The van der Waals surface area contributed by atoms with Crippen LogP contribution in [-0.2, 0) is 16.6 Å². The van der Waals surface area contributed by atoms with Crippen molar-refractivity contribution in [3.05, 3.63) is 12.5 Å². The molecule has 0 spiro atoms. The molecule has 7 heteroatoms. The molecule has 0 aliphatic carbocycles. The summed E-state index contributed by atoms with van der Waals surface area (Å²) in [5.41, 5.74) is 5.56. The Kier molecular flexibility index (Phi) is 3.50. The van der Waals surface area contributed by atoms with Gasteiger partial charge < -0.3 is 10.3 Å². The van der Waals surface area contributed by atoms with Crippen LogP contribution in [0.3, 0.4) is 0 Å². The summed E-state index contributed by atoms with van der Waals surface area (Å²) in [6, 6.07) is 0. The second kappa shape index (κ2) is 4.75. The van der Waals surface area contributed by atoms with Crippen LogP contribution >= 0.6 is 0 Å². The van der Waals surface area contributed by atoms with E-state index in [0.717, 1.165) is 6.42 Å². The van der Waals surface area contributed by atoms with Crippen LogP contribution < -0.4 is 5.73 Å². The van der Waals surface area contributed by atoms with Gasteiger partial charge in [-0.1, -0.05) is 0 Å². The van der Waals surface area contributed by atoms with Crippen molar-refractivity contribution in [2.24, 2.45) is 11.7 Å². The number of hydrogen-bond acceptors (Lipinski definition) is 4. The van der Waals surface area contributed by atoms with Gasteiger partial charge in [-0.25, -0.2) is 13.4 Å². The number of nitrogens with zero attached hydrogens (tertiary/aromatic N) is 3. The van der Waals surface area contributed by atoms with Gasteiger partial charge in [0.15, 0.2) is 5.03 Å². The molecule has 0 bridgehead atoms. The lowest BCUT2D eigenvalue weighted by Gasteiger charge is -2.14. The molecular weight excluding hydrogens is 240 g/mol. The fraction of sp³-hybridized carbons (Fsp3) is 0.700. The summed E-state index contributed by atoms with van der Waals surface area (Å²) >= 11 is 0. The lowest BCUT2D eigenvalue weighted by Crippen LogP contribution is -2.30. The standard InChI is InChI=1S/C10H18N4O2S/c1-2-13-7-10(12-8-13)17(15,16)14-4-3-9(5-11)6-14/h7-9H,2-6,11H2,1H3. The predicted molar refractivity (Wildman–Crippen MR) is 63.8 cm³/mol. The maximum Gasteiger partial charge on any atom is 0.262 e. The van der Waals surface area contributed by atoms with Crippen LogP contribution in [0.4, 0.5) is 0 Å². The van der Waals surface area contributed by atoms with E-state index in [4.69, 9.17) is 5.73 Å². The van der Waals surface area contributed by atoms with E-state index in [2.05, 4.69) is 4.98 Å². The smallest absolute Gasteiger partial charge is 0.262 e. The Labute approximate surface area is 101 Å². The van der Waals surface area contributed by atoms with E-state index in [1.54, 1.807) is 17.1 Å². The van der Waals surface area contributed by atoms with Gasteiger partial charge in [0.05, 0.1) is 6.33 Å². The average Bonchev–Trinajstić information content (AvgIpc) is 2.98. The minimum absolute atomic E-state index is 0.136. The number of hydrogen-bond donors (Lipinski definition) is 1. The minimum atomic E-state index is -3.43. The summed E-state index contributed by atoms with van der Waals surface area (Å²) in [5.74, 6) is 0.276. The highest BCUT2D eigenvalue weighted by Crippen LogP contribution is 2.22. The van der Waals surface area contributed by atoms with Crippen molar-refractivity contribution >= 4 is 10.0 Å². The summed E-state index contributed by atoms with van der Waals surface area (Å²) in [4.78, 5) is 3.96. The molecule has 1 aliphatic rings. The lowest BCUT2D eigenvalue weighted by atomic mass is 10.1. The van der Waals surface area contributed by atoms with Crippen LogP contribution in [0.2, 0.25) is 0 Å².